The van der Waals surface area contributed by atoms with Gasteiger partial charge in [0, 0.05) is 10.2 Å². The van der Waals surface area contributed by atoms with Crippen LogP contribution in [0.1, 0.15) is 5.69 Å². The molecule has 0 radical (unpaired) electrons. The molecular weight excluding hydrogens is 378 g/mol. The number of aromatic nitrogens is 2. The van der Waals surface area contributed by atoms with Gasteiger partial charge in [0.25, 0.3) is 0 Å². The Bertz CT molecular complexity index is 726. The highest BCUT2D eigenvalue weighted by atomic mass is 79.9. The number of thiophene rings is 1. The number of nitrogen functional groups attached to an aromatic ring is 1. The van der Waals surface area contributed by atoms with Gasteiger partial charge in [0.2, 0.25) is 0 Å². The lowest BCUT2D eigenvalue weighted by atomic mass is 10.3. The third-order valence-corrected chi connectivity index (χ3v) is 6.02. The molecule has 2 N–H and O–H groups in total. The molecule has 0 fully saturated rings. The van der Waals surface area contributed by atoms with Crippen molar-refractivity contribution in [2.75, 3.05) is 5.73 Å². The minimum atomic E-state index is 0.685. The number of hydrogen-bond acceptors (Lipinski definition) is 3. The summed E-state index contributed by atoms with van der Waals surface area (Å²) in [5, 5.41) is 0. The van der Waals surface area contributed by atoms with Crippen LogP contribution in [-0.2, 0) is 0 Å². The van der Waals surface area contributed by atoms with Gasteiger partial charge in [0.15, 0.2) is 0 Å². The third-order valence-electron chi connectivity index (χ3n) is 2.75. The van der Waals surface area contributed by atoms with Crippen LogP contribution in [0.5, 0.6) is 0 Å². The van der Waals surface area contributed by atoms with E-state index in [2.05, 4.69) is 36.8 Å². The van der Waals surface area contributed by atoms with Crippen LogP contribution in [0, 0.1) is 6.92 Å². The topological polar surface area (TPSA) is 43.3 Å². The predicted octanol–water partition coefficient (Wildman–Crippen LogP) is 4.48. The van der Waals surface area contributed by atoms with Gasteiger partial charge in [-0.15, -0.1) is 11.3 Å². The largest absolute Gasteiger partial charge is 0.383 e. The molecule has 0 aliphatic carbocycles. The van der Waals surface area contributed by atoms with Crippen molar-refractivity contribution >= 4 is 54.7 Å². The number of hydrogen-bond donors (Lipinski definition) is 1. The minimum Gasteiger partial charge on any atom is -0.383 e. The Kier molecular flexibility index (Phi) is 2.96. The highest BCUT2D eigenvalue weighted by molar-refractivity contribution is 9.13. The van der Waals surface area contributed by atoms with E-state index in [9.17, 15) is 0 Å². The summed E-state index contributed by atoms with van der Waals surface area (Å²) in [4.78, 5) is 5.65. The average molecular weight is 387 g/mol. The Morgan fingerprint density at radius 1 is 1.33 bits per heavy atom. The van der Waals surface area contributed by atoms with Crippen LogP contribution in [0.3, 0.4) is 0 Å². The fourth-order valence-corrected chi connectivity index (χ4v) is 3.96. The molecule has 0 amide bonds. The van der Waals surface area contributed by atoms with Crippen molar-refractivity contribution in [3.05, 3.63) is 38.2 Å². The first-order valence-corrected chi connectivity index (χ1v) is 7.67. The summed E-state index contributed by atoms with van der Waals surface area (Å²) in [5.74, 6) is 0.685. The average Bonchev–Trinajstić information content (AvgIpc) is 2.82. The van der Waals surface area contributed by atoms with E-state index >= 15 is 0 Å². The maximum absolute atomic E-state index is 6.21. The van der Waals surface area contributed by atoms with Gasteiger partial charge in [-0.3, -0.25) is 4.40 Å². The number of pyridine rings is 1. The number of halogens is 2. The van der Waals surface area contributed by atoms with Crippen molar-refractivity contribution in [3.63, 3.8) is 0 Å². The second kappa shape index (κ2) is 4.36. The Morgan fingerprint density at radius 3 is 2.72 bits per heavy atom. The molecule has 0 aliphatic rings. The maximum atomic E-state index is 6.21. The number of aryl methyl sites for hydroxylation is 1. The molecule has 3 nitrogen and oxygen atoms in total. The standard InChI is InChI=1S/C12H9Br2N3S/c1-6-3-2-4-9-16-10(12(15)17(6)9)8-5-7(13)11(14)18-8/h2-5H,15H2,1H3. The van der Waals surface area contributed by atoms with E-state index < -0.39 is 0 Å². The summed E-state index contributed by atoms with van der Waals surface area (Å²) in [6.07, 6.45) is 0. The van der Waals surface area contributed by atoms with Gasteiger partial charge in [0.1, 0.15) is 17.2 Å². The zero-order valence-electron chi connectivity index (χ0n) is 9.45. The number of nitrogens with zero attached hydrogens (tertiary/aromatic N) is 2. The molecule has 3 rings (SSSR count). The van der Waals surface area contributed by atoms with Crippen LogP contribution in [0.4, 0.5) is 5.82 Å². The van der Waals surface area contributed by atoms with Crippen LogP contribution < -0.4 is 5.73 Å². The Hall–Kier alpha value is -0.850. The normalized spacial score (nSPS) is 11.3. The lowest BCUT2D eigenvalue weighted by molar-refractivity contribution is 1.10. The van der Waals surface area contributed by atoms with Crippen molar-refractivity contribution in [2.24, 2.45) is 0 Å². The SMILES string of the molecule is Cc1cccc2nc(-c3cc(Br)c(Br)s3)c(N)n12. The Balaban J connectivity index is 2.30. The highest BCUT2D eigenvalue weighted by Crippen LogP contribution is 2.40. The first-order valence-electron chi connectivity index (χ1n) is 5.26. The van der Waals surface area contributed by atoms with Gasteiger partial charge in [-0.1, -0.05) is 6.07 Å². The molecule has 0 unspecified atom stereocenters. The molecule has 0 bridgehead atoms. The summed E-state index contributed by atoms with van der Waals surface area (Å²) < 4.78 is 4.04. The summed E-state index contributed by atoms with van der Waals surface area (Å²) in [5.41, 5.74) is 9.00. The monoisotopic (exact) mass is 385 g/mol. The van der Waals surface area contributed by atoms with E-state index in [1.807, 2.05) is 35.6 Å². The van der Waals surface area contributed by atoms with Gasteiger partial charge in [-0.25, -0.2) is 4.98 Å². The van der Waals surface area contributed by atoms with Gasteiger partial charge < -0.3 is 5.73 Å². The van der Waals surface area contributed by atoms with Crippen LogP contribution >= 0.6 is 43.2 Å². The maximum Gasteiger partial charge on any atom is 0.139 e. The van der Waals surface area contributed by atoms with E-state index in [4.69, 9.17) is 5.73 Å². The molecular formula is C12H9Br2N3S. The summed E-state index contributed by atoms with van der Waals surface area (Å²) in [6.45, 7) is 2.02. The Labute approximate surface area is 125 Å². The Morgan fingerprint density at radius 2 is 2.11 bits per heavy atom. The number of rotatable bonds is 1. The quantitative estimate of drug-likeness (QED) is 0.670. The number of imidazole rings is 1. The van der Waals surface area contributed by atoms with Gasteiger partial charge in [0.05, 0.1) is 8.66 Å². The molecule has 0 saturated heterocycles. The molecule has 0 saturated carbocycles. The molecule has 3 heterocycles. The van der Waals surface area contributed by atoms with Crippen LogP contribution in [-0.4, -0.2) is 9.38 Å². The van der Waals surface area contributed by atoms with Crippen molar-refractivity contribution in [1.29, 1.82) is 0 Å². The van der Waals surface area contributed by atoms with Crippen molar-refractivity contribution in [2.45, 2.75) is 6.92 Å². The predicted molar refractivity (Wildman–Crippen MR) is 83.1 cm³/mol. The summed E-state index contributed by atoms with van der Waals surface area (Å²) in [6, 6.07) is 8.00. The molecule has 0 aliphatic heterocycles. The van der Waals surface area contributed by atoms with Gasteiger partial charge >= 0.3 is 0 Å². The van der Waals surface area contributed by atoms with Crippen LogP contribution in [0.25, 0.3) is 16.2 Å². The van der Waals surface area contributed by atoms with E-state index in [-0.39, 0.29) is 0 Å². The van der Waals surface area contributed by atoms with E-state index in [0.29, 0.717) is 5.82 Å². The van der Waals surface area contributed by atoms with Crippen LogP contribution in [0.2, 0.25) is 0 Å². The fourth-order valence-electron chi connectivity index (χ4n) is 1.93. The molecule has 3 aromatic heterocycles. The van der Waals surface area contributed by atoms with Crippen molar-refractivity contribution < 1.29 is 0 Å². The van der Waals surface area contributed by atoms with E-state index in [1.165, 1.54) is 0 Å². The highest BCUT2D eigenvalue weighted by Gasteiger charge is 2.15. The van der Waals surface area contributed by atoms with Crippen molar-refractivity contribution in [3.8, 4) is 10.6 Å². The molecule has 3 aromatic rings. The summed E-state index contributed by atoms with van der Waals surface area (Å²) in [7, 11) is 0. The molecule has 18 heavy (non-hydrogen) atoms. The second-order valence-corrected chi connectivity index (χ2v) is 7.16. The first kappa shape index (κ1) is 12.2. The smallest absolute Gasteiger partial charge is 0.139 e. The first-order chi connectivity index (χ1) is 8.58. The van der Waals surface area contributed by atoms with Crippen molar-refractivity contribution in [1.82, 2.24) is 9.38 Å². The molecule has 0 aromatic carbocycles. The van der Waals surface area contributed by atoms with E-state index in [1.54, 1.807) is 11.3 Å². The molecule has 0 atom stereocenters. The zero-order valence-corrected chi connectivity index (χ0v) is 13.4. The molecule has 92 valence electrons. The summed E-state index contributed by atoms with van der Waals surface area (Å²) >= 11 is 8.59. The number of fused-ring (bicyclic) bond motifs is 1. The zero-order chi connectivity index (χ0) is 12.9. The molecule has 6 heteroatoms. The molecule has 0 spiro atoms. The minimum absolute atomic E-state index is 0.685. The lowest BCUT2D eigenvalue weighted by Gasteiger charge is -2.00. The number of nitrogens with two attached hydrogens (primary N) is 1. The second-order valence-electron chi connectivity index (χ2n) is 3.94. The number of anilines is 1. The fraction of sp³-hybridized carbons (Fsp3) is 0.0833. The van der Waals surface area contributed by atoms with Gasteiger partial charge in [-0.05, 0) is 57.0 Å². The lowest BCUT2D eigenvalue weighted by Crippen LogP contribution is -1.96. The van der Waals surface area contributed by atoms with Gasteiger partial charge in [-0.2, -0.15) is 0 Å². The van der Waals surface area contributed by atoms with E-state index in [0.717, 1.165) is 30.2 Å². The van der Waals surface area contributed by atoms with Crippen LogP contribution in [0.15, 0.2) is 32.5 Å². The third kappa shape index (κ3) is 1.79.